The Hall–Kier alpha value is -3.70. The number of hydrogen-bond acceptors (Lipinski definition) is 5. The van der Waals surface area contributed by atoms with E-state index in [1.165, 1.54) is 161 Å². The minimum absolute atomic E-state index is 0.0716. The van der Waals surface area contributed by atoms with Crippen LogP contribution in [0, 0.1) is 0 Å². The van der Waals surface area contributed by atoms with Crippen molar-refractivity contribution in [1.29, 1.82) is 0 Å². The van der Waals surface area contributed by atoms with Gasteiger partial charge in [-0.15, -0.1) is 0 Å². The lowest BCUT2D eigenvalue weighted by Gasteiger charge is -2.15. The first-order chi connectivity index (χ1) is 36.6. The molecule has 0 amide bonds. The van der Waals surface area contributed by atoms with Crippen LogP contribution in [0.4, 0.5) is 0 Å². The molecule has 0 aliphatic carbocycles. The Morgan fingerprint density at radius 3 is 0.878 bits per heavy atom. The Bertz CT molecular complexity index is 1490. The molecule has 0 aliphatic heterocycles. The van der Waals surface area contributed by atoms with E-state index < -0.39 is 6.10 Å². The van der Waals surface area contributed by atoms with Crippen LogP contribution in [0.3, 0.4) is 0 Å². The summed E-state index contributed by atoms with van der Waals surface area (Å²) in [4.78, 5) is 24.6. The summed E-state index contributed by atoms with van der Waals surface area (Å²) >= 11 is 0. The van der Waals surface area contributed by atoms with Crippen LogP contribution in [0.15, 0.2) is 122 Å². The van der Waals surface area contributed by atoms with Crippen molar-refractivity contribution in [3.8, 4) is 0 Å². The molecule has 0 saturated carbocycles. The monoisotopic (exact) mass is 1020 g/mol. The van der Waals surface area contributed by atoms with Crippen LogP contribution in [-0.4, -0.2) is 36.4 Å². The van der Waals surface area contributed by atoms with Gasteiger partial charge in [-0.1, -0.05) is 283 Å². The first-order valence-electron chi connectivity index (χ1n) is 31.1. The lowest BCUT2D eigenvalue weighted by Crippen LogP contribution is -2.28. The van der Waals surface area contributed by atoms with Gasteiger partial charge in [-0.05, 0) is 109 Å². The van der Waals surface area contributed by atoms with Gasteiger partial charge in [0.25, 0.3) is 0 Å². The first kappa shape index (κ1) is 70.3. The molecule has 0 aliphatic rings. The van der Waals surface area contributed by atoms with E-state index in [2.05, 4.69) is 135 Å². The zero-order chi connectivity index (χ0) is 53.4. The molecule has 0 heterocycles. The highest BCUT2D eigenvalue weighted by Gasteiger charge is 2.16. The molecule has 0 aromatic heterocycles. The van der Waals surface area contributed by atoms with Crippen LogP contribution in [0.25, 0.3) is 0 Å². The Morgan fingerprint density at radius 2 is 0.581 bits per heavy atom. The van der Waals surface area contributed by atoms with Gasteiger partial charge in [0.2, 0.25) is 0 Å². The van der Waals surface area contributed by atoms with Crippen molar-refractivity contribution in [2.45, 2.75) is 290 Å². The number of esters is 2. The van der Waals surface area contributed by atoms with Crippen molar-refractivity contribution in [1.82, 2.24) is 0 Å². The standard InChI is InChI=1S/C69H116O5/c1-3-5-7-9-11-13-15-17-19-21-23-25-27-28-29-30-31-32-33-34-35-36-37-38-39-40-42-44-46-48-50-52-54-56-58-60-62-64-69(72)74-67(65-70)66-73-68(71)63-61-59-57-55-53-51-49-47-45-43-41-26-24-22-20-18-16-14-12-10-8-6-4-2/h5,7,11,13,16-19,22-25,28-29,31-32,34-35,37-38,67,70H,3-4,6,8-10,12,14-15,20-21,26-27,30,33,36,39-66H2,1-2H3/b7-5-,13-11-,18-16-,19-17-,24-22-,25-23-,29-28-,32-31-,35-34-,38-37-. The predicted octanol–water partition coefficient (Wildman–Crippen LogP) is 21.4. The molecule has 0 aromatic rings. The van der Waals surface area contributed by atoms with E-state index >= 15 is 0 Å². The molecule has 0 spiro atoms. The van der Waals surface area contributed by atoms with Crippen LogP contribution in [-0.2, 0) is 19.1 Å². The van der Waals surface area contributed by atoms with E-state index in [1.54, 1.807) is 0 Å². The van der Waals surface area contributed by atoms with Gasteiger partial charge in [0.05, 0.1) is 6.61 Å². The van der Waals surface area contributed by atoms with Gasteiger partial charge in [-0.2, -0.15) is 0 Å². The largest absolute Gasteiger partial charge is 0.462 e. The van der Waals surface area contributed by atoms with Crippen LogP contribution in [0.1, 0.15) is 284 Å². The highest BCUT2D eigenvalue weighted by Crippen LogP contribution is 2.16. The second kappa shape index (κ2) is 63.6. The molecular weight excluding hydrogens is 909 g/mol. The minimum Gasteiger partial charge on any atom is -0.462 e. The van der Waals surface area contributed by atoms with Gasteiger partial charge in [-0.25, -0.2) is 0 Å². The van der Waals surface area contributed by atoms with Gasteiger partial charge >= 0.3 is 11.9 Å². The summed E-state index contributed by atoms with van der Waals surface area (Å²) in [5.41, 5.74) is 0. The molecule has 422 valence electrons. The Morgan fingerprint density at radius 1 is 0.324 bits per heavy atom. The van der Waals surface area contributed by atoms with Crippen molar-refractivity contribution in [3.63, 3.8) is 0 Å². The highest BCUT2D eigenvalue weighted by molar-refractivity contribution is 5.70. The lowest BCUT2D eigenvalue weighted by molar-refractivity contribution is -0.161. The lowest BCUT2D eigenvalue weighted by atomic mass is 10.0. The third kappa shape index (κ3) is 60.9. The second-order valence-corrected chi connectivity index (χ2v) is 20.4. The molecule has 0 aromatic carbocycles. The summed E-state index contributed by atoms with van der Waals surface area (Å²) in [5, 5.41) is 9.67. The average Bonchev–Trinajstić information content (AvgIpc) is 3.40. The van der Waals surface area contributed by atoms with E-state index in [1.807, 2.05) is 0 Å². The quantitative estimate of drug-likeness (QED) is 0.0373. The number of aliphatic hydroxyl groups excluding tert-OH is 1. The van der Waals surface area contributed by atoms with E-state index in [0.717, 1.165) is 96.3 Å². The topological polar surface area (TPSA) is 72.8 Å². The summed E-state index contributed by atoms with van der Waals surface area (Å²) < 4.78 is 10.7. The van der Waals surface area contributed by atoms with Crippen LogP contribution < -0.4 is 0 Å². The first-order valence-corrected chi connectivity index (χ1v) is 31.1. The Labute approximate surface area is 458 Å². The van der Waals surface area contributed by atoms with Crippen LogP contribution >= 0.6 is 0 Å². The van der Waals surface area contributed by atoms with Crippen molar-refractivity contribution in [2.75, 3.05) is 13.2 Å². The van der Waals surface area contributed by atoms with E-state index in [0.29, 0.717) is 12.8 Å². The minimum atomic E-state index is -0.782. The molecule has 5 nitrogen and oxygen atoms in total. The van der Waals surface area contributed by atoms with Crippen LogP contribution in [0.5, 0.6) is 0 Å². The zero-order valence-corrected chi connectivity index (χ0v) is 48.3. The maximum Gasteiger partial charge on any atom is 0.306 e. The van der Waals surface area contributed by atoms with E-state index in [9.17, 15) is 14.7 Å². The Balaban J connectivity index is 3.53. The molecule has 1 N–H and O–H groups in total. The molecule has 0 rings (SSSR count). The van der Waals surface area contributed by atoms with Crippen molar-refractivity contribution in [2.24, 2.45) is 0 Å². The molecule has 0 bridgehead atoms. The second-order valence-electron chi connectivity index (χ2n) is 20.4. The fourth-order valence-electron chi connectivity index (χ4n) is 8.60. The highest BCUT2D eigenvalue weighted by atomic mass is 16.6. The number of allylic oxidation sites excluding steroid dienone is 20. The third-order valence-electron chi connectivity index (χ3n) is 13.2. The van der Waals surface area contributed by atoms with Crippen LogP contribution in [0.2, 0.25) is 0 Å². The number of unbranched alkanes of at least 4 members (excludes halogenated alkanes) is 28. The normalized spacial score (nSPS) is 13.1. The molecule has 1 atom stereocenters. The predicted molar refractivity (Wildman–Crippen MR) is 325 cm³/mol. The number of aliphatic hydroxyl groups is 1. The molecule has 0 saturated heterocycles. The third-order valence-corrected chi connectivity index (χ3v) is 13.2. The maximum absolute atomic E-state index is 12.3. The zero-order valence-electron chi connectivity index (χ0n) is 48.3. The van der Waals surface area contributed by atoms with Crippen molar-refractivity contribution < 1.29 is 24.2 Å². The number of carbonyl (C=O) groups is 2. The molecule has 0 fully saturated rings. The van der Waals surface area contributed by atoms with Gasteiger partial charge < -0.3 is 14.6 Å². The average molecular weight is 1030 g/mol. The summed E-state index contributed by atoms with van der Waals surface area (Å²) in [7, 11) is 0. The number of hydrogen-bond donors (Lipinski definition) is 1. The van der Waals surface area contributed by atoms with Gasteiger partial charge in [-0.3, -0.25) is 9.59 Å². The molecule has 74 heavy (non-hydrogen) atoms. The number of ether oxygens (including phenoxy) is 2. The number of carbonyl (C=O) groups excluding carboxylic acids is 2. The fourth-order valence-corrected chi connectivity index (χ4v) is 8.60. The fraction of sp³-hybridized carbons (Fsp3) is 0.681. The number of rotatable bonds is 56. The summed E-state index contributed by atoms with van der Waals surface area (Å²) in [6.07, 6.45) is 93.3. The van der Waals surface area contributed by atoms with Crippen molar-refractivity contribution >= 4 is 11.9 Å². The molecular formula is C69H116O5. The smallest absolute Gasteiger partial charge is 0.306 e. The Kier molecular flexibility index (Phi) is 60.4. The molecule has 0 radical (unpaired) electrons. The summed E-state index contributed by atoms with van der Waals surface area (Å²) in [5.74, 6) is -0.593. The van der Waals surface area contributed by atoms with Gasteiger partial charge in [0, 0.05) is 12.8 Å². The van der Waals surface area contributed by atoms with Gasteiger partial charge in [0.15, 0.2) is 6.10 Å². The van der Waals surface area contributed by atoms with E-state index in [4.69, 9.17) is 9.47 Å². The SMILES string of the molecule is CC/C=C\C/C=C\C/C=C\C/C=C\C/C=C\C/C=C\C/C=C\C/C=C\CCCCCCCCCCCCCCC(=O)OC(CO)COC(=O)CCCCCCCCCCCCC/C=C\C/C=C\CCCCCCC. The molecule has 5 heteroatoms. The van der Waals surface area contributed by atoms with Crippen molar-refractivity contribution in [3.05, 3.63) is 122 Å². The summed E-state index contributed by atoms with van der Waals surface area (Å²) in [6, 6.07) is 0. The maximum atomic E-state index is 12.3. The van der Waals surface area contributed by atoms with Gasteiger partial charge in [0.1, 0.15) is 6.61 Å². The molecule has 1 unspecified atom stereocenters. The summed E-state index contributed by atoms with van der Waals surface area (Å²) in [6.45, 7) is 4.03. The van der Waals surface area contributed by atoms with E-state index in [-0.39, 0.29) is 25.2 Å².